The summed E-state index contributed by atoms with van der Waals surface area (Å²) in [6.45, 7) is 2.09. The zero-order valence-corrected chi connectivity index (χ0v) is 8.16. The van der Waals surface area contributed by atoms with Gasteiger partial charge in [-0.1, -0.05) is 13.0 Å². The molecule has 0 radical (unpaired) electrons. The van der Waals surface area contributed by atoms with Gasteiger partial charge in [-0.25, -0.2) is 0 Å². The van der Waals surface area contributed by atoms with E-state index >= 15 is 0 Å². The lowest BCUT2D eigenvalue weighted by Crippen LogP contribution is -2.14. The summed E-state index contributed by atoms with van der Waals surface area (Å²) in [5.74, 6) is 0.857. The molecule has 2 rings (SSSR count). The van der Waals surface area contributed by atoms with Crippen LogP contribution in [0, 0.1) is 11.8 Å². The lowest BCUT2D eigenvalue weighted by Gasteiger charge is -2.04. The SMILES string of the molecule is CC1CC1C(=O)Nc1cccc(N)c1. The second kappa shape index (κ2) is 3.33. The van der Waals surface area contributed by atoms with Crippen molar-refractivity contribution in [3.63, 3.8) is 0 Å². The van der Waals surface area contributed by atoms with Gasteiger partial charge >= 0.3 is 0 Å². The predicted octanol–water partition coefficient (Wildman–Crippen LogP) is 1.86. The second-order valence-electron chi connectivity index (χ2n) is 3.93. The van der Waals surface area contributed by atoms with E-state index in [1.807, 2.05) is 12.1 Å². The molecule has 0 aliphatic heterocycles. The molecule has 1 saturated carbocycles. The number of anilines is 2. The minimum atomic E-state index is 0.114. The highest BCUT2D eigenvalue weighted by molar-refractivity contribution is 5.94. The molecule has 2 atom stereocenters. The number of nitrogens with one attached hydrogen (secondary N) is 1. The van der Waals surface area contributed by atoms with Crippen molar-refractivity contribution < 1.29 is 4.79 Å². The third kappa shape index (κ3) is 1.87. The maximum Gasteiger partial charge on any atom is 0.227 e. The summed E-state index contributed by atoms with van der Waals surface area (Å²) in [5.41, 5.74) is 7.06. The number of carbonyl (C=O) groups excluding carboxylic acids is 1. The van der Waals surface area contributed by atoms with E-state index in [9.17, 15) is 4.79 Å². The van der Waals surface area contributed by atoms with Crippen LogP contribution in [0.25, 0.3) is 0 Å². The van der Waals surface area contributed by atoms with E-state index in [0.717, 1.165) is 12.1 Å². The summed E-state index contributed by atoms with van der Waals surface area (Å²) >= 11 is 0. The van der Waals surface area contributed by atoms with E-state index in [4.69, 9.17) is 5.73 Å². The van der Waals surface area contributed by atoms with Gasteiger partial charge in [0.15, 0.2) is 0 Å². The Bertz CT molecular complexity index is 362. The van der Waals surface area contributed by atoms with Crippen LogP contribution in [-0.4, -0.2) is 5.91 Å². The van der Waals surface area contributed by atoms with Crippen molar-refractivity contribution in [1.29, 1.82) is 0 Å². The van der Waals surface area contributed by atoms with Crippen molar-refractivity contribution in [2.24, 2.45) is 11.8 Å². The average Bonchev–Trinajstić information content (AvgIpc) is 2.82. The van der Waals surface area contributed by atoms with Gasteiger partial charge in [0.2, 0.25) is 5.91 Å². The Morgan fingerprint density at radius 1 is 1.57 bits per heavy atom. The van der Waals surface area contributed by atoms with Crippen LogP contribution in [-0.2, 0) is 4.79 Å². The standard InChI is InChI=1S/C11H14N2O/c1-7-5-10(7)11(14)13-9-4-2-3-8(12)6-9/h2-4,6-7,10H,5,12H2,1H3,(H,13,14). The Morgan fingerprint density at radius 3 is 2.86 bits per heavy atom. The summed E-state index contributed by atoms with van der Waals surface area (Å²) in [5, 5.41) is 2.86. The lowest BCUT2D eigenvalue weighted by molar-refractivity contribution is -0.117. The van der Waals surface area contributed by atoms with Crippen molar-refractivity contribution in [3.05, 3.63) is 24.3 Å². The maximum absolute atomic E-state index is 11.5. The summed E-state index contributed by atoms with van der Waals surface area (Å²) < 4.78 is 0. The fraction of sp³-hybridized carbons (Fsp3) is 0.364. The lowest BCUT2D eigenvalue weighted by atomic mass is 10.2. The summed E-state index contributed by atoms with van der Waals surface area (Å²) in [4.78, 5) is 11.5. The Labute approximate surface area is 83.3 Å². The molecule has 3 heteroatoms. The monoisotopic (exact) mass is 190 g/mol. The van der Waals surface area contributed by atoms with Gasteiger partial charge < -0.3 is 11.1 Å². The van der Waals surface area contributed by atoms with E-state index in [0.29, 0.717) is 11.6 Å². The van der Waals surface area contributed by atoms with Crippen LogP contribution in [0.2, 0.25) is 0 Å². The quantitative estimate of drug-likeness (QED) is 0.699. The van der Waals surface area contributed by atoms with Gasteiger partial charge in [-0.2, -0.15) is 0 Å². The molecular formula is C11H14N2O. The van der Waals surface area contributed by atoms with Crippen molar-refractivity contribution in [2.45, 2.75) is 13.3 Å². The molecule has 1 aromatic carbocycles. The molecule has 1 aliphatic rings. The zero-order chi connectivity index (χ0) is 10.1. The third-order valence-corrected chi connectivity index (χ3v) is 2.60. The van der Waals surface area contributed by atoms with Crippen LogP contribution in [0.4, 0.5) is 11.4 Å². The van der Waals surface area contributed by atoms with Gasteiger partial charge in [-0.05, 0) is 30.5 Å². The van der Waals surface area contributed by atoms with Crippen molar-refractivity contribution in [1.82, 2.24) is 0 Å². The first kappa shape index (κ1) is 9.06. The van der Waals surface area contributed by atoms with Crippen molar-refractivity contribution >= 4 is 17.3 Å². The molecule has 1 aliphatic carbocycles. The van der Waals surface area contributed by atoms with E-state index in [1.165, 1.54) is 0 Å². The highest BCUT2D eigenvalue weighted by Gasteiger charge is 2.38. The number of hydrogen-bond acceptors (Lipinski definition) is 2. The number of carbonyl (C=O) groups is 1. The zero-order valence-electron chi connectivity index (χ0n) is 8.16. The van der Waals surface area contributed by atoms with Gasteiger partial charge in [0.1, 0.15) is 0 Å². The minimum absolute atomic E-state index is 0.114. The first-order chi connectivity index (χ1) is 6.66. The van der Waals surface area contributed by atoms with Gasteiger partial charge in [0.05, 0.1) is 0 Å². The average molecular weight is 190 g/mol. The number of rotatable bonds is 2. The molecule has 0 bridgehead atoms. The molecule has 1 aromatic rings. The van der Waals surface area contributed by atoms with Gasteiger partial charge in [-0.15, -0.1) is 0 Å². The van der Waals surface area contributed by atoms with E-state index in [1.54, 1.807) is 12.1 Å². The fourth-order valence-corrected chi connectivity index (χ4v) is 1.54. The Hall–Kier alpha value is -1.51. The predicted molar refractivity (Wildman–Crippen MR) is 56.8 cm³/mol. The van der Waals surface area contributed by atoms with E-state index < -0.39 is 0 Å². The maximum atomic E-state index is 11.5. The molecule has 0 aromatic heterocycles. The highest BCUT2D eigenvalue weighted by atomic mass is 16.2. The molecule has 14 heavy (non-hydrogen) atoms. The number of benzene rings is 1. The Morgan fingerprint density at radius 2 is 2.29 bits per heavy atom. The molecule has 3 N–H and O–H groups in total. The van der Waals surface area contributed by atoms with Crippen molar-refractivity contribution in [3.8, 4) is 0 Å². The molecule has 3 nitrogen and oxygen atoms in total. The van der Waals surface area contributed by atoms with Crippen molar-refractivity contribution in [2.75, 3.05) is 11.1 Å². The van der Waals surface area contributed by atoms with Crippen LogP contribution in [0.3, 0.4) is 0 Å². The van der Waals surface area contributed by atoms with Crippen LogP contribution in [0.15, 0.2) is 24.3 Å². The van der Waals surface area contributed by atoms with Crippen LogP contribution >= 0.6 is 0 Å². The molecule has 74 valence electrons. The van der Waals surface area contributed by atoms with Gasteiger partial charge in [0, 0.05) is 17.3 Å². The highest BCUT2D eigenvalue weighted by Crippen LogP contribution is 2.38. The minimum Gasteiger partial charge on any atom is -0.399 e. The van der Waals surface area contributed by atoms with Crippen LogP contribution in [0.1, 0.15) is 13.3 Å². The number of nitrogen functional groups attached to an aromatic ring is 1. The first-order valence-electron chi connectivity index (χ1n) is 4.83. The molecule has 1 amide bonds. The summed E-state index contributed by atoms with van der Waals surface area (Å²) in [6.07, 6.45) is 1.01. The molecule has 2 unspecified atom stereocenters. The second-order valence-corrected chi connectivity index (χ2v) is 3.93. The molecule has 0 spiro atoms. The van der Waals surface area contributed by atoms with E-state index in [2.05, 4.69) is 12.2 Å². The van der Waals surface area contributed by atoms with Crippen LogP contribution in [0.5, 0.6) is 0 Å². The smallest absolute Gasteiger partial charge is 0.227 e. The summed E-state index contributed by atoms with van der Waals surface area (Å²) in [7, 11) is 0. The topological polar surface area (TPSA) is 55.1 Å². The van der Waals surface area contributed by atoms with Gasteiger partial charge in [0.25, 0.3) is 0 Å². The Kier molecular flexibility index (Phi) is 2.15. The largest absolute Gasteiger partial charge is 0.399 e. The number of amides is 1. The molecule has 0 saturated heterocycles. The van der Waals surface area contributed by atoms with E-state index in [-0.39, 0.29) is 11.8 Å². The normalized spacial score (nSPS) is 24.4. The molecule has 1 fully saturated rings. The third-order valence-electron chi connectivity index (χ3n) is 2.60. The molecular weight excluding hydrogens is 176 g/mol. The van der Waals surface area contributed by atoms with Gasteiger partial charge in [-0.3, -0.25) is 4.79 Å². The molecule has 0 heterocycles. The van der Waals surface area contributed by atoms with Crippen LogP contribution < -0.4 is 11.1 Å². The number of hydrogen-bond donors (Lipinski definition) is 2. The first-order valence-corrected chi connectivity index (χ1v) is 4.83. The fourth-order valence-electron chi connectivity index (χ4n) is 1.54. The Balaban J connectivity index is 2.00. The number of nitrogens with two attached hydrogens (primary N) is 1. The summed E-state index contributed by atoms with van der Waals surface area (Å²) in [6, 6.07) is 7.25.